The summed E-state index contributed by atoms with van der Waals surface area (Å²) in [6.45, 7) is 4.82. The zero-order valence-corrected chi connectivity index (χ0v) is 30.8. The van der Waals surface area contributed by atoms with E-state index in [1.165, 1.54) is 120 Å². The number of benzene rings is 11. The van der Waals surface area contributed by atoms with E-state index in [4.69, 9.17) is 0 Å². The van der Waals surface area contributed by atoms with Crippen LogP contribution in [0.3, 0.4) is 0 Å². The predicted molar refractivity (Wildman–Crippen MR) is 237 cm³/mol. The first kappa shape index (κ1) is 30.7. The monoisotopic (exact) mass is 696 g/mol. The molecule has 0 aliphatic heterocycles. The Balaban J connectivity index is 1.05. The third-order valence-electron chi connectivity index (χ3n) is 12.8. The Bertz CT molecular complexity index is 3440. The molecule has 0 saturated carbocycles. The van der Waals surface area contributed by atoms with E-state index >= 15 is 0 Å². The highest BCUT2D eigenvalue weighted by Gasteiger charge is 2.36. The Kier molecular flexibility index (Phi) is 6.21. The molecule has 0 fully saturated rings. The normalized spacial score (nSPS) is 13.4. The molecule has 0 nitrogen and oxygen atoms in total. The summed E-state index contributed by atoms with van der Waals surface area (Å²) in [6.07, 6.45) is 0. The first-order chi connectivity index (χ1) is 27.0. The molecule has 1 aliphatic carbocycles. The Morgan fingerprint density at radius 2 is 0.709 bits per heavy atom. The highest BCUT2D eigenvalue weighted by atomic mass is 14.4. The van der Waals surface area contributed by atoms with Gasteiger partial charge in [-0.25, -0.2) is 0 Å². The fourth-order valence-corrected chi connectivity index (χ4v) is 10.2. The van der Waals surface area contributed by atoms with Crippen molar-refractivity contribution >= 4 is 75.4 Å². The summed E-state index contributed by atoms with van der Waals surface area (Å²) in [6, 6.07) is 68.4. The van der Waals surface area contributed by atoms with Crippen molar-refractivity contribution in [2.75, 3.05) is 0 Å². The first-order valence-electron chi connectivity index (χ1n) is 19.4. The Morgan fingerprint density at radius 3 is 1.35 bits per heavy atom. The predicted octanol–water partition coefficient (Wildman–Crippen LogP) is 15.4. The van der Waals surface area contributed by atoms with Crippen molar-refractivity contribution in [2.45, 2.75) is 19.3 Å². The van der Waals surface area contributed by atoms with Gasteiger partial charge in [0.15, 0.2) is 0 Å². The van der Waals surface area contributed by atoms with E-state index in [0.29, 0.717) is 0 Å². The van der Waals surface area contributed by atoms with E-state index in [2.05, 4.69) is 196 Å². The largest absolute Gasteiger partial charge is 0.0616 e. The van der Waals surface area contributed by atoms with Crippen LogP contribution in [-0.4, -0.2) is 0 Å². The standard InChI is InChI=1S/C55H36/c1-55(2)51-30-35(48-29-34-14-4-6-16-38(34)53-37-15-5-3-13-33(37)23-28-47(48)53)24-26-43(51)44-27-25-36(31-52(44)55)49-32-50-41-19-8-7-17-39(41)40-18-9-11-21-45(40)54(50)46-22-12-10-20-42(46)49/h3-32H,1-2H3. The topological polar surface area (TPSA) is 0 Å². The third kappa shape index (κ3) is 4.23. The SMILES string of the molecule is CC1(C)c2cc(-c3cc4c5ccccc5c5ccccc5c4c4ccccc34)ccc2-c2ccc(-c3cc4ccccc4c4c3ccc3ccccc34)cc21. The van der Waals surface area contributed by atoms with E-state index in [1.54, 1.807) is 0 Å². The van der Waals surface area contributed by atoms with Crippen LogP contribution in [0.5, 0.6) is 0 Å². The van der Waals surface area contributed by atoms with Gasteiger partial charge in [-0.15, -0.1) is 0 Å². The zero-order chi connectivity index (χ0) is 36.4. The molecule has 0 spiro atoms. The molecule has 11 aromatic carbocycles. The highest BCUT2D eigenvalue weighted by Crippen LogP contribution is 2.52. The number of hydrogen-bond acceptors (Lipinski definition) is 0. The van der Waals surface area contributed by atoms with Gasteiger partial charge in [0.05, 0.1) is 0 Å². The average molecular weight is 697 g/mol. The molecular weight excluding hydrogens is 661 g/mol. The summed E-state index contributed by atoms with van der Waals surface area (Å²) < 4.78 is 0. The van der Waals surface area contributed by atoms with E-state index in [-0.39, 0.29) is 5.41 Å². The summed E-state index contributed by atoms with van der Waals surface area (Å²) in [4.78, 5) is 0. The molecule has 0 heterocycles. The Hall–Kier alpha value is -6.76. The minimum absolute atomic E-state index is 0.175. The summed E-state index contributed by atoms with van der Waals surface area (Å²) >= 11 is 0. The second-order valence-corrected chi connectivity index (χ2v) is 16.0. The number of rotatable bonds is 2. The average Bonchev–Trinajstić information content (AvgIpc) is 3.47. The number of hydrogen-bond donors (Lipinski definition) is 0. The van der Waals surface area contributed by atoms with E-state index in [9.17, 15) is 0 Å². The van der Waals surface area contributed by atoms with Gasteiger partial charge in [-0.2, -0.15) is 0 Å². The van der Waals surface area contributed by atoms with Gasteiger partial charge < -0.3 is 0 Å². The lowest BCUT2D eigenvalue weighted by atomic mass is 9.80. The van der Waals surface area contributed by atoms with Crippen molar-refractivity contribution in [3.63, 3.8) is 0 Å². The summed E-state index contributed by atoms with van der Waals surface area (Å²) in [5.41, 5.74) is 10.4. The molecule has 0 N–H and O–H groups in total. The van der Waals surface area contributed by atoms with Crippen LogP contribution in [0.25, 0.3) is 109 Å². The van der Waals surface area contributed by atoms with Crippen molar-refractivity contribution in [1.29, 1.82) is 0 Å². The van der Waals surface area contributed by atoms with Crippen molar-refractivity contribution < 1.29 is 0 Å². The van der Waals surface area contributed by atoms with E-state index < -0.39 is 0 Å². The molecule has 0 saturated heterocycles. The minimum Gasteiger partial charge on any atom is -0.0616 e. The van der Waals surface area contributed by atoms with Crippen molar-refractivity contribution in [1.82, 2.24) is 0 Å². The molecule has 11 aromatic rings. The molecule has 55 heavy (non-hydrogen) atoms. The van der Waals surface area contributed by atoms with Crippen LogP contribution in [0.2, 0.25) is 0 Å². The van der Waals surface area contributed by atoms with Crippen molar-refractivity contribution in [3.05, 3.63) is 193 Å². The fourth-order valence-electron chi connectivity index (χ4n) is 10.2. The molecule has 0 atom stereocenters. The molecule has 0 aromatic heterocycles. The quantitative estimate of drug-likeness (QED) is 0.158. The highest BCUT2D eigenvalue weighted by molar-refractivity contribution is 6.33. The van der Waals surface area contributed by atoms with E-state index in [0.717, 1.165) is 0 Å². The van der Waals surface area contributed by atoms with Gasteiger partial charge in [0.1, 0.15) is 0 Å². The van der Waals surface area contributed by atoms with Gasteiger partial charge >= 0.3 is 0 Å². The molecule has 0 bridgehead atoms. The second kappa shape index (κ2) is 11.1. The van der Waals surface area contributed by atoms with Crippen LogP contribution in [0.4, 0.5) is 0 Å². The van der Waals surface area contributed by atoms with E-state index in [1.807, 2.05) is 0 Å². The van der Waals surface area contributed by atoms with Crippen LogP contribution in [0.15, 0.2) is 182 Å². The molecule has 0 unspecified atom stereocenters. The smallest absolute Gasteiger partial charge is 0.0159 e. The van der Waals surface area contributed by atoms with Crippen molar-refractivity contribution in [2.24, 2.45) is 0 Å². The number of fused-ring (bicyclic) bond motifs is 16. The second-order valence-electron chi connectivity index (χ2n) is 16.0. The van der Waals surface area contributed by atoms with Crippen molar-refractivity contribution in [3.8, 4) is 33.4 Å². The van der Waals surface area contributed by atoms with Gasteiger partial charge in [-0.1, -0.05) is 172 Å². The fraction of sp³-hybridized carbons (Fsp3) is 0.0545. The molecule has 0 heteroatoms. The maximum absolute atomic E-state index is 2.49. The van der Waals surface area contributed by atoms with Crippen LogP contribution in [0.1, 0.15) is 25.0 Å². The first-order valence-corrected chi connectivity index (χ1v) is 19.4. The molecule has 12 rings (SSSR count). The maximum Gasteiger partial charge on any atom is 0.0159 e. The third-order valence-corrected chi connectivity index (χ3v) is 12.8. The lowest BCUT2D eigenvalue weighted by molar-refractivity contribution is 0.661. The molecule has 256 valence electrons. The Morgan fingerprint density at radius 1 is 0.273 bits per heavy atom. The van der Waals surface area contributed by atoms with Gasteiger partial charge in [0.25, 0.3) is 0 Å². The van der Waals surface area contributed by atoms with Gasteiger partial charge in [0.2, 0.25) is 0 Å². The molecule has 0 amide bonds. The molecule has 1 aliphatic rings. The van der Waals surface area contributed by atoms with Gasteiger partial charge in [-0.05, 0) is 144 Å². The molecular formula is C55H36. The van der Waals surface area contributed by atoms with Crippen LogP contribution in [-0.2, 0) is 5.41 Å². The van der Waals surface area contributed by atoms with Gasteiger partial charge in [-0.3, -0.25) is 0 Å². The van der Waals surface area contributed by atoms with Crippen LogP contribution >= 0.6 is 0 Å². The lowest BCUT2D eigenvalue weighted by Gasteiger charge is -2.23. The van der Waals surface area contributed by atoms with Gasteiger partial charge in [0, 0.05) is 5.41 Å². The summed E-state index contributed by atoms with van der Waals surface area (Å²) in [5, 5.41) is 18.3. The lowest BCUT2D eigenvalue weighted by Crippen LogP contribution is -2.15. The zero-order valence-electron chi connectivity index (χ0n) is 30.8. The maximum atomic E-state index is 2.49. The minimum atomic E-state index is -0.175. The molecule has 0 radical (unpaired) electrons. The van der Waals surface area contributed by atoms with Crippen LogP contribution < -0.4 is 0 Å². The summed E-state index contributed by atoms with van der Waals surface area (Å²) in [5.74, 6) is 0. The summed E-state index contributed by atoms with van der Waals surface area (Å²) in [7, 11) is 0. The Labute approximate surface area is 319 Å². The van der Waals surface area contributed by atoms with Crippen LogP contribution in [0, 0.1) is 0 Å².